The summed E-state index contributed by atoms with van der Waals surface area (Å²) in [7, 11) is 0. The first-order valence-electron chi connectivity index (χ1n) is 17.9. The Balaban J connectivity index is 1.02. The Morgan fingerprint density at radius 2 is 1.27 bits per heavy atom. The number of allylic oxidation sites excluding steroid dienone is 6. The van der Waals surface area contributed by atoms with E-state index in [2.05, 4.69) is 121 Å². The highest BCUT2D eigenvalue weighted by Crippen LogP contribution is 2.44. The maximum atomic E-state index is 6.58. The summed E-state index contributed by atoms with van der Waals surface area (Å²) < 4.78 is 12.8. The SMILES string of the molecule is C1=CC2C=Cc3ccc(-c4nc(-c5ccccc5)nc(C5CC=Cc6oc7cc(-c8ccc9c(c8)oc8ccccc89)ccc7c65)n4)cc3C2C=C1. The van der Waals surface area contributed by atoms with Crippen LogP contribution in [-0.4, -0.2) is 15.0 Å². The molecule has 3 aliphatic rings. The Kier molecular flexibility index (Phi) is 6.44. The molecule has 3 aromatic heterocycles. The maximum Gasteiger partial charge on any atom is 0.163 e. The largest absolute Gasteiger partial charge is 0.456 e. The average Bonchev–Trinajstić information content (AvgIpc) is 3.78. The van der Waals surface area contributed by atoms with Crippen molar-refractivity contribution < 1.29 is 8.83 Å². The molecule has 3 heterocycles. The lowest BCUT2D eigenvalue weighted by molar-refractivity contribution is 0.586. The highest BCUT2D eigenvalue weighted by Gasteiger charge is 2.30. The third-order valence-corrected chi connectivity index (χ3v) is 10.8. The molecule has 0 spiro atoms. The minimum Gasteiger partial charge on any atom is -0.456 e. The van der Waals surface area contributed by atoms with Crippen LogP contribution >= 0.6 is 0 Å². The molecular formula is C47H31N3O2. The lowest BCUT2D eigenvalue weighted by Crippen LogP contribution is -2.14. The zero-order chi connectivity index (χ0) is 34.2. The molecular weight excluding hydrogens is 639 g/mol. The first-order valence-corrected chi connectivity index (χ1v) is 17.9. The molecule has 5 heteroatoms. The molecule has 0 amide bonds. The first kappa shape index (κ1) is 29.2. The number of rotatable bonds is 4. The second-order valence-corrected chi connectivity index (χ2v) is 13.9. The fraction of sp³-hybridized carbons (Fsp3) is 0.0851. The van der Waals surface area contributed by atoms with E-state index in [9.17, 15) is 0 Å². The van der Waals surface area contributed by atoms with Crippen molar-refractivity contribution in [2.75, 3.05) is 0 Å². The predicted octanol–water partition coefficient (Wildman–Crippen LogP) is 11.9. The zero-order valence-corrected chi connectivity index (χ0v) is 28.1. The van der Waals surface area contributed by atoms with Gasteiger partial charge in [-0.2, -0.15) is 0 Å². The molecule has 0 bridgehead atoms. The van der Waals surface area contributed by atoms with Crippen molar-refractivity contribution >= 4 is 45.1 Å². The molecule has 0 fully saturated rings. The number of para-hydroxylation sites is 1. The van der Waals surface area contributed by atoms with Gasteiger partial charge in [0.15, 0.2) is 11.6 Å². The summed E-state index contributed by atoms with van der Waals surface area (Å²) in [5.74, 6) is 3.50. The molecule has 52 heavy (non-hydrogen) atoms. The van der Waals surface area contributed by atoms with E-state index in [1.54, 1.807) is 0 Å². The Morgan fingerprint density at radius 1 is 0.538 bits per heavy atom. The molecule has 8 aromatic rings. The molecule has 5 aromatic carbocycles. The molecule has 0 saturated heterocycles. The zero-order valence-electron chi connectivity index (χ0n) is 28.1. The number of benzene rings is 5. The van der Waals surface area contributed by atoms with Gasteiger partial charge in [-0.25, -0.2) is 15.0 Å². The van der Waals surface area contributed by atoms with Crippen LogP contribution in [0.5, 0.6) is 0 Å². The summed E-state index contributed by atoms with van der Waals surface area (Å²) in [5.41, 5.74) is 10.4. The number of fused-ring (bicyclic) bond motifs is 9. The van der Waals surface area contributed by atoms with Crippen LogP contribution in [0.3, 0.4) is 0 Å². The van der Waals surface area contributed by atoms with E-state index in [1.165, 1.54) is 11.1 Å². The predicted molar refractivity (Wildman–Crippen MR) is 209 cm³/mol. The average molecular weight is 670 g/mol. The maximum absolute atomic E-state index is 6.58. The van der Waals surface area contributed by atoms with Gasteiger partial charge < -0.3 is 8.83 Å². The summed E-state index contributed by atoms with van der Waals surface area (Å²) in [4.78, 5) is 15.5. The van der Waals surface area contributed by atoms with Crippen LogP contribution in [0.1, 0.15) is 46.5 Å². The topological polar surface area (TPSA) is 65.0 Å². The molecule has 11 rings (SSSR count). The van der Waals surface area contributed by atoms with Gasteiger partial charge in [0.05, 0.1) is 5.92 Å². The summed E-state index contributed by atoms with van der Waals surface area (Å²) in [6, 6.07) is 37.9. The van der Waals surface area contributed by atoms with Gasteiger partial charge in [-0.05, 0) is 65.1 Å². The van der Waals surface area contributed by atoms with E-state index in [1.807, 2.05) is 36.4 Å². The van der Waals surface area contributed by atoms with Gasteiger partial charge in [-0.1, -0.05) is 121 Å². The normalized spacial score (nSPS) is 18.6. The van der Waals surface area contributed by atoms with E-state index in [-0.39, 0.29) is 5.92 Å². The summed E-state index contributed by atoms with van der Waals surface area (Å²) >= 11 is 0. The van der Waals surface area contributed by atoms with Crippen molar-refractivity contribution in [2.24, 2.45) is 5.92 Å². The fourth-order valence-electron chi connectivity index (χ4n) is 8.25. The second kappa shape index (κ2) is 11.5. The molecule has 246 valence electrons. The van der Waals surface area contributed by atoms with Crippen molar-refractivity contribution in [2.45, 2.75) is 18.3 Å². The summed E-state index contributed by atoms with van der Waals surface area (Å²) in [6.07, 6.45) is 18.4. The van der Waals surface area contributed by atoms with Gasteiger partial charge >= 0.3 is 0 Å². The van der Waals surface area contributed by atoms with E-state index >= 15 is 0 Å². The molecule has 0 N–H and O–H groups in total. The lowest BCUT2D eigenvalue weighted by atomic mass is 9.77. The lowest BCUT2D eigenvalue weighted by Gasteiger charge is -2.27. The highest BCUT2D eigenvalue weighted by molar-refractivity contribution is 6.06. The number of furan rings is 2. The minimum absolute atomic E-state index is 0.0976. The number of hydrogen-bond donors (Lipinski definition) is 0. The summed E-state index contributed by atoms with van der Waals surface area (Å²) in [6.45, 7) is 0. The van der Waals surface area contributed by atoms with Gasteiger partial charge in [0, 0.05) is 44.7 Å². The smallest absolute Gasteiger partial charge is 0.163 e. The van der Waals surface area contributed by atoms with E-state index in [0.29, 0.717) is 23.5 Å². The van der Waals surface area contributed by atoms with Gasteiger partial charge in [-0.15, -0.1) is 0 Å². The number of hydrogen-bond acceptors (Lipinski definition) is 5. The van der Waals surface area contributed by atoms with Crippen LogP contribution in [0.4, 0.5) is 0 Å². The molecule has 3 unspecified atom stereocenters. The van der Waals surface area contributed by atoms with Crippen LogP contribution in [0.25, 0.3) is 79.0 Å². The van der Waals surface area contributed by atoms with Crippen LogP contribution in [-0.2, 0) is 0 Å². The van der Waals surface area contributed by atoms with Crippen molar-refractivity contribution in [3.05, 3.63) is 174 Å². The van der Waals surface area contributed by atoms with Gasteiger partial charge in [-0.3, -0.25) is 0 Å². The van der Waals surface area contributed by atoms with Crippen molar-refractivity contribution in [3.63, 3.8) is 0 Å². The molecule has 3 aliphatic carbocycles. The van der Waals surface area contributed by atoms with Crippen LogP contribution in [0, 0.1) is 5.92 Å². The fourth-order valence-corrected chi connectivity index (χ4v) is 8.25. The van der Waals surface area contributed by atoms with E-state index in [0.717, 1.165) is 78.7 Å². The van der Waals surface area contributed by atoms with Gasteiger partial charge in [0.1, 0.15) is 28.3 Å². The molecule has 5 nitrogen and oxygen atoms in total. The number of aromatic nitrogens is 3. The van der Waals surface area contributed by atoms with Crippen LogP contribution in [0.15, 0.2) is 154 Å². The standard InChI is InChI=1S/C47H31N3O2/c1-2-10-30(11-3-1)45-48-46(33-20-19-29-18-17-28-9-4-5-12-34(28)39(29)25-33)50-47(49-45)38-14-8-16-41-44(38)37-24-22-32(27-43(37)52-41)31-21-23-36-35-13-6-7-15-40(35)51-42(36)26-31/h1-13,15-28,34,38H,14H2. The molecule has 3 atom stereocenters. The molecule has 0 radical (unpaired) electrons. The van der Waals surface area contributed by atoms with Crippen molar-refractivity contribution in [1.29, 1.82) is 0 Å². The van der Waals surface area contributed by atoms with Gasteiger partial charge in [0.2, 0.25) is 0 Å². The van der Waals surface area contributed by atoms with E-state index < -0.39 is 0 Å². The van der Waals surface area contributed by atoms with Crippen LogP contribution in [0.2, 0.25) is 0 Å². The first-order chi connectivity index (χ1) is 25.7. The quantitative estimate of drug-likeness (QED) is 0.187. The van der Waals surface area contributed by atoms with Crippen molar-refractivity contribution in [3.8, 4) is 33.9 Å². The van der Waals surface area contributed by atoms with E-state index in [4.69, 9.17) is 23.8 Å². The van der Waals surface area contributed by atoms with Gasteiger partial charge in [0.25, 0.3) is 0 Å². The highest BCUT2D eigenvalue weighted by atomic mass is 16.3. The minimum atomic E-state index is -0.0976. The van der Waals surface area contributed by atoms with Crippen LogP contribution < -0.4 is 0 Å². The third kappa shape index (κ3) is 4.66. The summed E-state index contributed by atoms with van der Waals surface area (Å²) in [5, 5.41) is 3.32. The van der Waals surface area contributed by atoms with Crippen molar-refractivity contribution in [1.82, 2.24) is 15.0 Å². The Bertz CT molecular complexity index is 2850. The Morgan fingerprint density at radius 3 is 2.15 bits per heavy atom. The Labute approximate surface area is 300 Å². The molecule has 0 saturated carbocycles. The monoisotopic (exact) mass is 669 g/mol. The second-order valence-electron chi connectivity index (χ2n) is 13.9. The Hall–Kier alpha value is -6.59. The third-order valence-electron chi connectivity index (χ3n) is 10.8. The molecule has 0 aliphatic heterocycles. The number of nitrogens with zero attached hydrogens (tertiary/aromatic N) is 3.